The van der Waals surface area contributed by atoms with Crippen molar-refractivity contribution in [3.63, 3.8) is 0 Å². The highest BCUT2D eigenvalue weighted by atomic mass is 79.9. The molecule has 1 aliphatic carbocycles. The zero-order valence-corrected chi connectivity index (χ0v) is 12.0. The molecular weight excluding hydrogens is 310 g/mol. The van der Waals surface area contributed by atoms with Crippen molar-refractivity contribution in [3.05, 3.63) is 28.2 Å². The van der Waals surface area contributed by atoms with Gasteiger partial charge in [-0.15, -0.1) is 0 Å². The third-order valence-corrected chi connectivity index (χ3v) is 4.37. The van der Waals surface area contributed by atoms with Crippen LogP contribution in [0.2, 0.25) is 0 Å². The summed E-state index contributed by atoms with van der Waals surface area (Å²) in [5.74, 6) is 0.443. The van der Waals surface area contributed by atoms with Gasteiger partial charge in [-0.25, -0.2) is 0 Å². The number of rotatable bonds is 2. The van der Waals surface area contributed by atoms with Gasteiger partial charge >= 0.3 is 0 Å². The number of fused-ring (bicyclic) bond motifs is 1. The second-order valence-electron chi connectivity index (χ2n) is 5.16. The van der Waals surface area contributed by atoms with Crippen LogP contribution in [0.5, 0.6) is 5.75 Å². The molecule has 4 nitrogen and oxygen atoms in total. The molecule has 1 aromatic carbocycles. The van der Waals surface area contributed by atoms with Gasteiger partial charge in [-0.3, -0.25) is 4.79 Å². The van der Waals surface area contributed by atoms with Crippen molar-refractivity contribution in [2.45, 2.75) is 37.3 Å². The van der Waals surface area contributed by atoms with Gasteiger partial charge in [0.2, 0.25) is 5.91 Å². The molecule has 1 unspecified atom stereocenters. The molecule has 0 saturated heterocycles. The first kappa shape index (κ1) is 12.9. The highest BCUT2D eigenvalue weighted by molar-refractivity contribution is 9.10. The molecule has 1 heterocycles. The monoisotopic (exact) mass is 325 g/mol. The number of carbonyl (C=O) groups is 1. The van der Waals surface area contributed by atoms with Crippen LogP contribution >= 0.6 is 15.9 Å². The van der Waals surface area contributed by atoms with E-state index >= 15 is 0 Å². The summed E-state index contributed by atoms with van der Waals surface area (Å²) in [6.45, 7) is 0.375. The molecule has 0 aromatic heterocycles. The molecule has 3 rings (SSSR count). The summed E-state index contributed by atoms with van der Waals surface area (Å²) in [7, 11) is 0. The predicted octanol–water partition coefficient (Wildman–Crippen LogP) is 1.95. The number of carbonyl (C=O) groups excluding carboxylic acids is 1. The second-order valence-corrected chi connectivity index (χ2v) is 6.07. The normalized spacial score (nSPS) is 28.8. The lowest BCUT2D eigenvalue weighted by Gasteiger charge is -2.18. The highest BCUT2D eigenvalue weighted by Crippen LogP contribution is 2.36. The topological polar surface area (TPSA) is 58.6 Å². The summed E-state index contributed by atoms with van der Waals surface area (Å²) in [5, 5.41) is 12.7. The largest absolute Gasteiger partial charge is 0.492 e. The number of amides is 1. The van der Waals surface area contributed by atoms with E-state index < -0.39 is 6.10 Å². The van der Waals surface area contributed by atoms with Crippen LogP contribution in [0, 0.1) is 0 Å². The Morgan fingerprint density at radius 2 is 2.26 bits per heavy atom. The lowest BCUT2D eigenvalue weighted by molar-refractivity contribution is -0.124. The van der Waals surface area contributed by atoms with Crippen LogP contribution in [-0.2, 0) is 4.79 Å². The van der Waals surface area contributed by atoms with E-state index in [9.17, 15) is 9.90 Å². The lowest BCUT2D eigenvalue weighted by Crippen LogP contribution is -2.42. The van der Waals surface area contributed by atoms with Gasteiger partial charge in [0.15, 0.2) is 0 Å². The van der Waals surface area contributed by atoms with Crippen LogP contribution in [0.25, 0.3) is 0 Å². The number of ether oxygens (including phenoxy) is 1. The molecule has 1 aliphatic heterocycles. The zero-order chi connectivity index (χ0) is 13.4. The SMILES string of the molecule is O=C(N[C@H]1CCC[C@@H]1O)C1COc2ccc(Br)cc21. The molecule has 1 amide bonds. The first-order valence-electron chi connectivity index (χ1n) is 6.56. The predicted molar refractivity (Wildman–Crippen MR) is 74.2 cm³/mol. The molecule has 1 fully saturated rings. The smallest absolute Gasteiger partial charge is 0.231 e. The lowest BCUT2D eigenvalue weighted by atomic mass is 10.00. The minimum absolute atomic E-state index is 0.0530. The maximum atomic E-state index is 12.3. The third kappa shape index (κ3) is 2.49. The number of aliphatic hydroxyl groups excluding tert-OH is 1. The first-order chi connectivity index (χ1) is 9.15. The first-order valence-corrected chi connectivity index (χ1v) is 7.35. The summed E-state index contributed by atoms with van der Waals surface area (Å²) in [5.41, 5.74) is 0.916. The van der Waals surface area contributed by atoms with E-state index in [1.54, 1.807) is 0 Å². The minimum Gasteiger partial charge on any atom is -0.492 e. The van der Waals surface area contributed by atoms with Crippen LogP contribution in [0.15, 0.2) is 22.7 Å². The number of aliphatic hydroxyl groups is 1. The molecule has 19 heavy (non-hydrogen) atoms. The number of hydrogen-bond acceptors (Lipinski definition) is 3. The number of hydrogen-bond donors (Lipinski definition) is 2. The van der Waals surface area contributed by atoms with Crippen molar-refractivity contribution >= 4 is 21.8 Å². The summed E-state index contributed by atoms with van der Waals surface area (Å²) in [6.07, 6.45) is 2.18. The van der Waals surface area contributed by atoms with Gasteiger partial charge in [0.05, 0.1) is 12.1 Å². The van der Waals surface area contributed by atoms with E-state index in [1.165, 1.54) is 0 Å². The molecule has 0 radical (unpaired) electrons. The maximum Gasteiger partial charge on any atom is 0.231 e. The molecular formula is C14H16BrNO3. The summed E-state index contributed by atoms with van der Waals surface area (Å²) >= 11 is 3.41. The van der Waals surface area contributed by atoms with E-state index in [0.717, 1.165) is 35.0 Å². The Morgan fingerprint density at radius 1 is 1.42 bits per heavy atom. The van der Waals surface area contributed by atoms with E-state index in [4.69, 9.17) is 4.74 Å². The van der Waals surface area contributed by atoms with Gasteiger partial charge in [0.1, 0.15) is 18.3 Å². The van der Waals surface area contributed by atoms with E-state index in [-0.39, 0.29) is 17.9 Å². The van der Waals surface area contributed by atoms with E-state index in [1.807, 2.05) is 18.2 Å². The fourth-order valence-electron chi connectivity index (χ4n) is 2.80. The van der Waals surface area contributed by atoms with Gasteiger partial charge in [-0.2, -0.15) is 0 Å². The number of nitrogens with one attached hydrogen (secondary N) is 1. The van der Waals surface area contributed by atoms with Gasteiger partial charge in [0, 0.05) is 10.0 Å². The average Bonchev–Trinajstić information content (AvgIpc) is 2.96. The summed E-state index contributed by atoms with van der Waals surface area (Å²) in [4.78, 5) is 12.3. The molecule has 1 saturated carbocycles. The Bertz CT molecular complexity index is 505. The van der Waals surface area contributed by atoms with Crippen LogP contribution in [0.4, 0.5) is 0 Å². The van der Waals surface area contributed by atoms with E-state index in [2.05, 4.69) is 21.2 Å². The van der Waals surface area contributed by atoms with Crippen molar-refractivity contribution in [3.8, 4) is 5.75 Å². The van der Waals surface area contributed by atoms with Crippen molar-refractivity contribution in [2.75, 3.05) is 6.61 Å². The standard InChI is InChI=1S/C14H16BrNO3/c15-8-4-5-13-9(6-8)10(7-19-13)14(18)16-11-2-1-3-12(11)17/h4-6,10-12,17H,1-3,7H2,(H,16,18)/t10?,11-,12-/m0/s1. The van der Waals surface area contributed by atoms with Crippen molar-refractivity contribution in [2.24, 2.45) is 0 Å². The second kappa shape index (κ2) is 5.13. The molecule has 0 bridgehead atoms. The summed E-state index contributed by atoms with van der Waals surface area (Å²) in [6, 6.07) is 5.60. The minimum atomic E-state index is -0.409. The van der Waals surface area contributed by atoms with Crippen molar-refractivity contribution in [1.29, 1.82) is 0 Å². The van der Waals surface area contributed by atoms with Gasteiger partial charge in [-0.05, 0) is 37.5 Å². The molecule has 102 valence electrons. The van der Waals surface area contributed by atoms with Gasteiger partial charge < -0.3 is 15.2 Å². The Morgan fingerprint density at radius 3 is 3.00 bits per heavy atom. The van der Waals surface area contributed by atoms with Gasteiger partial charge in [0.25, 0.3) is 0 Å². The highest BCUT2D eigenvalue weighted by Gasteiger charge is 2.34. The molecule has 0 spiro atoms. The quantitative estimate of drug-likeness (QED) is 0.873. The van der Waals surface area contributed by atoms with Crippen LogP contribution in [-0.4, -0.2) is 29.8 Å². The van der Waals surface area contributed by atoms with Crippen molar-refractivity contribution in [1.82, 2.24) is 5.32 Å². The maximum absolute atomic E-state index is 12.3. The molecule has 3 atom stereocenters. The average molecular weight is 326 g/mol. The number of benzene rings is 1. The fraction of sp³-hybridized carbons (Fsp3) is 0.500. The Balaban J connectivity index is 1.74. The van der Waals surface area contributed by atoms with Crippen LogP contribution < -0.4 is 10.1 Å². The van der Waals surface area contributed by atoms with Crippen LogP contribution in [0.3, 0.4) is 0 Å². The van der Waals surface area contributed by atoms with Crippen molar-refractivity contribution < 1.29 is 14.6 Å². The molecule has 2 N–H and O–H groups in total. The van der Waals surface area contributed by atoms with Gasteiger partial charge in [-0.1, -0.05) is 15.9 Å². The number of halogens is 1. The zero-order valence-electron chi connectivity index (χ0n) is 10.4. The third-order valence-electron chi connectivity index (χ3n) is 3.88. The van der Waals surface area contributed by atoms with E-state index in [0.29, 0.717) is 6.61 Å². The molecule has 5 heteroatoms. The molecule has 2 aliphatic rings. The Kier molecular flexibility index (Phi) is 3.50. The molecule has 1 aromatic rings. The Hall–Kier alpha value is -1.07. The summed E-state index contributed by atoms with van der Waals surface area (Å²) < 4.78 is 6.47. The Labute approximate surface area is 120 Å². The fourth-order valence-corrected chi connectivity index (χ4v) is 3.17. The van der Waals surface area contributed by atoms with Crippen LogP contribution in [0.1, 0.15) is 30.7 Å².